The highest BCUT2D eigenvalue weighted by molar-refractivity contribution is 5.75. The van der Waals surface area contributed by atoms with Gasteiger partial charge in [-0.1, -0.05) is 6.42 Å². The molecule has 1 saturated carbocycles. The van der Waals surface area contributed by atoms with Crippen LogP contribution >= 0.6 is 0 Å². The van der Waals surface area contributed by atoms with Crippen LogP contribution in [0.2, 0.25) is 0 Å². The summed E-state index contributed by atoms with van der Waals surface area (Å²) in [6, 6.07) is 1.40. The number of hydrogen-bond acceptors (Lipinski definition) is 3. The summed E-state index contributed by atoms with van der Waals surface area (Å²) < 4.78 is 0. The van der Waals surface area contributed by atoms with Crippen molar-refractivity contribution in [3.05, 3.63) is 0 Å². The van der Waals surface area contributed by atoms with Crippen LogP contribution in [-0.2, 0) is 4.79 Å². The van der Waals surface area contributed by atoms with Crippen LogP contribution in [0.5, 0.6) is 0 Å². The number of amides is 1. The summed E-state index contributed by atoms with van der Waals surface area (Å²) in [6.07, 6.45) is 7.28. The molecule has 0 bridgehead atoms. The third kappa shape index (κ3) is 4.25. The third-order valence-corrected chi connectivity index (χ3v) is 4.04. The molecule has 4 nitrogen and oxygen atoms in total. The highest BCUT2D eigenvalue weighted by Gasteiger charge is 2.31. The van der Waals surface area contributed by atoms with Crippen LogP contribution < -0.4 is 5.32 Å². The molecule has 0 aromatic heterocycles. The average Bonchev–Trinajstić information content (AvgIpc) is 3.19. The molecule has 1 aliphatic heterocycles. The van der Waals surface area contributed by atoms with Crippen molar-refractivity contribution in [1.29, 1.82) is 0 Å². The number of nitrogens with one attached hydrogen (secondary N) is 1. The predicted octanol–water partition coefficient (Wildman–Crippen LogP) is 1.07. The number of hydrogen-bond donors (Lipinski definition) is 1. The number of nitrogens with zero attached hydrogens (tertiary/aromatic N) is 2. The predicted molar refractivity (Wildman–Crippen MR) is 73.5 cm³/mol. The number of carbonyl (C=O) groups is 1. The Morgan fingerprint density at radius 2 is 2.00 bits per heavy atom. The largest absolute Gasteiger partial charge is 0.349 e. The quantitative estimate of drug-likeness (QED) is 0.769. The van der Waals surface area contributed by atoms with E-state index < -0.39 is 0 Å². The lowest BCUT2D eigenvalue weighted by Gasteiger charge is -2.30. The Morgan fingerprint density at radius 1 is 1.22 bits per heavy atom. The summed E-state index contributed by atoms with van der Waals surface area (Å²) in [6.45, 7) is 3.23. The summed E-state index contributed by atoms with van der Waals surface area (Å²) in [4.78, 5) is 15.9. The van der Waals surface area contributed by atoms with Gasteiger partial charge in [0.25, 0.3) is 0 Å². The van der Waals surface area contributed by atoms with Gasteiger partial charge in [-0.05, 0) is 32.2 Å². The highest BCUT2D eigenvalue weighted by atomic mass is 16.2. The molecule has 0 radical (unpaired) electrons. The van der Waals surface area contributed by atoms with Gasteiger partial charge in [-0.25, -0.2) is 0 Å². The minimum Gasteiger partial charge on any atom is -0.349 e. The van der Waals surface area contributed by atoms with E-state index in [0.717, 1.165) is 19.1 Å². The van der Waals surface area contributed by atoms with Gasteiger partial charge in [-0.3, -0.25) is 9.69 Å². The fourth-order valence-electron chi connectivity index (χ4n) is 2.69. The molecule has 4 heteroatoms. The SMILES string of the molecule is CN(C)C(=O)CCN(CC1CCCCN1)C1CC1. The first kappa shape index (κ1) is 13.8. The normalized spacial score (nSPS) is 24.3. The van der Waals surface area contributed by atoms with Crippen LogP contribution in [0.4, 0.5) is 0 Å². The van der Waals surface area contributed by atoms with Crippen LogP contribution in [0, 0.1) is 0 Å². The molecule has 1 atom stereocenters. The van der Waals surface area contributed by atoms with Gasteiger partial charge in [0.15, 0.2) is 0 Å². The Kier molecular flexibility index (Phi) is 5.01. The van der Waals surface area contributed by atoms with E-state index in [-0.39, 0.29) is 5.91 Å². The highest BCUT2D eigenvalue weighted by Crippen LogP contribution is 2.27. The molecule has 0 aromatic rings. The third-order valence-electron chi connectivity index (χ3n) is 4.04. The molecule has 1 aliphatic carbocycles. The second-order valence-corrected chi connectivity index (χ2v) is 5.91. The Hall–Kier alpha value is -0.610. The lowest BCUT2D eigenvalue weighted by Crippen LogP contribution is -2.45. The molecule has 1 N–H and O–H groups in total. The Bertz CT molecular complexity index is 270. The van der Waals surface area contributed by atoms with Gasteiger partial charge in [-0.15, -0.1) is 0 Å². The zero-order chi connectivity index (χ0) is 13.0. The molecular formula is C14H27N3O. The summed E-state index contributed by atoms with van der Waals surface area (Å²) >= 11 is 0. The van der Waals surface area contributed by atoms with Crippen molar-refractivity contribution in [2.75, 3.05) is 33.7 Å². The Balaban J connectivity index is 1.75. The van der Waals surface area contributed by atoms with Crippen LogP contribution in [0.15, 0.2) is 0 Å². The van der Waals surface area contributed by atoms with E-state index in [9.17, 15) is 4.79 Å². The summed E-state index contributed by atoms with van der Waals surface area (Å²) in [5.41, 5.74) is 0. The fraction of sp³-hybridized carbons (Fsp3) is 0.929. The minimum atomic E-state index is 0.247. The molecule has 0 aromatic carbocycles. The molecule has 2 fully saturated rings. The maximum atomic E-state index is 11.7. The van der Waals surface area contributed by atoms with E-state index in [0.29, 0.717) is 12.5 Å². The molecule has 18 heavy (non-hydrogen) atoms. The van der Waals surface area contributed by atoms with Gasteiger partial charge in [0.05, 0.1) is 0 Å². The molecule has 2 aliphatic rings. The topological polar surface area (TPSA) is 35.6 Å². The molecule has 1 amide bonds. The molecule has 1 saturated heterocycles. The standard InChI is InChI=1S/C14H27N3O/c1-16(2)14(18)8-10-17(13-6-7-13)11-12-5-3-4-9-15-12/h12-13,15H,3-11H2,1-2H3. The van der Waals surface area contributed by atoms with Crippen LogP contribution in [0.1, 0.15) is 38.5 Å². The van der Waals surface area contributed by atoms with Crippen LogP contribution in [0.25, 0.3) is 0 Å². The fourth-order valence-corrected chi connectivity index (χ4v) is 2.69. The van der Waals surface area contributed by atoms with Gasteiger partial charge < -0.3 is 10.2 Å². The van der Waals surface area contributed by atoms with Gasteiger partial charge in [-0.2, -0.15) is 0 Å². The van der Waals surface area contributed by atoms with Crippen molar-refractivity contribution in [2.24, 2.45) is 0 Å². The van der Waals surface area contributed by atoms with E-state index in [2.05, 4.69) is 10.2 Å². The first-order valence-electron chi connectivity index (χ1n) is 7.34. The Labute approximate surface area is 111 Å². The van der Waals surface area contributed by atoms with E-state index in [4.69, 9.17) is 0 Å². The van der Waals surface area contributed by atoms with E-state index >= 15 is 0 Å². The molecule has 1 heterocycles. The monoisotopic (exact) mass is 253 g/mol. The molecule has 2 rings (SSSR count). The van der Waals surface area contributed by atoms with Crippen molar-refractivity contribution in [3.8, 4) is 0 Å². The van der Waals surface area contributed by atoms with Gasteiger partial charge in [0.2, 0.25) is 5.91 Å². The van der Waals surface area contributed by atoms with Gasteiger partial charge in [0, 0.05) is 45.7 Å². The zero-order valence-corrected chi connectivity index (χ0v) is 11.8. The maximum absolute atomic E-state index is 11.7. The molecule has 0 spiro atoms. The van der Waals surface area contributed by atoms with E-state index in [1.54, 1.807) is 4.90 Å². The first-order chi connectivity index (χ1) is 8.66. The second-order valence-electron chi connectivity index (χ2n) is 5.91. The lowest BCUT2D eigenvalue weighted by atomic mass is 10.0. The van der Waals surface area contributed by atoms with Crippen LogP contribution in [0.3, 0.4) is 0 Å². The number of carbonyl (C=O) groups excluding carboxylic acids is 1. The smallest absolute Gasteiger partial charge is 0.223 e. The van der Waals surface area contributed by atoms with Crippen molar-refractivity contribution in [2.45, 2.75) is 50.6 Å². The second kappa shape index (κ2) is 6.53. The van der Waals surface area contributed by atoms with Crippen molar-refractivity contribution >= 4 is 5.91 Å². The maximum Gasteiger partial charge on any atom is 0.223 e. The summed E-state index contributed by atoms with van der Waals surface area (Å²) in [7, 11) is 3.68. The first-order valence-corrected chi connectivity index (χ1v) is 7.34. The van der Waals surface area contributed by atoms with Gasteiger partial charge >= 0.3 is 0 Å². The van der Waals surface area contributed by atoms with Gasteiger partial charge in [0.1, 0.15) is 0 Å². The number of rotatable bonds is 6. The Morgan fingerprint density at radius 3 is 2.56 bits per heavy atom. The lowest BCUT2D eigenvalue weighted by molar-refractivity contribution is -0.129. The summed E-state index contributed by atoms with van der Waals surface area (Å²) in [5.74, 6) is 0.247. The van der Waals surface area contributed by atoms with E-state index in [1.807, 2.05) is 14.1 Å². The van der Waals surface area contributed by atoms with Crippen LogP contribution in [-0.4, -0.2) is 61.5 Å². The molecule has 1 unspecified atom stereocenters. The average molecular weight is 253 g/mol. The van der Waals surface area contributed by atoms with Crippen molar-refractivity contribution in [3.63, 3.8) is 0 Å². The number of piperidine rings is 1. The van der Waals surface area contributed by atoms with Crippen molar-refractivity contribution in [1.82, 2.24) is 15.1 Å². The van der Waals surface area contributed by atoms with Crippen molar-refractivity contribution < 1.29 is 4.79 Å². The summed E-state index contributed by atoms with van der Waals surface area (Å²) in [5, 5.41) is 3.61. The zero-order valence-electron chi connectivity index (χ0n) is 11.8. The van der Waals surface area contributed by atoms with E-state index in [1.165, 1.54) is 38.6 Å². The minimum absolute atomic E-state index is 0.247. The molecule has 104 valence electrons. The molecular weight excluding hydrogens is 226 g/mol.